The summed E-state index contributed by atoms with van der Waals surface area (Å²) in [5, 5.41) is 0.224. The highest BCUT2D eigenvalue weighted by Crippen LogP contribution is 2.40. The number of benzene rings is 2. The van der Waals surface area contributed by atoms with Crippen molar-refractivity contribution in [1.29, 1.82) is 0 Å². The third-order valence-electron chi connectivity index (χ3n) is 4.89. The molecule has 3 rings (SSSR count). The van der Waals surface area contributed by atoms with E-state index in [1.165, 1.54) is 25.3 Å². The van der Waals surface area contributed by atoms with E-state index in [9.17, 15) is 13.2 Å². The number of methoxy groups -OCH3 is 1. The molecule has 0 fully saturated rings. The van der Waals surface area contributed by atoms with E-state index in [1.807, 2.05) is 20.8 Å². The summed E-state index contributed by atoms with van der Waals surface area (Å²) in [5.41, 5.74) is 0.840. The van der Waals surface area contributed by atoms with Crippen LogP contribution in [-0.4, -0.2) is 45.2 Å². The summed E-state index contributed by atoms with van der Waals surface area (Å²) in [4.78, 5) is 18.5. The molecule has 10 nitrogen and oxygen atoms in total. The van der Waals surface area contributed by atoms with E-state index in [1.54, 1.807) is 24.3 Å². The number of carbonyl (C=O) groups excluding carboxylic acids is 1. The maximum Gasteiger partial charge on any atom is 0.293 e. The zero-order valence-electron chi connectivity index (χ0n) is 20.1. The fourth-order valence-electron chi connectivity index (χ4n) is 2.98. The van der Waals surface area contributed by atoms with Crippen molar-refractivity contribution in [2.45, 2.75) is 31.1 Å². The van der Waals surface area contributed by atoms with Crippen molar-refractivity contribution >= 4 is 33.9 Å². The quantitative estimate of drug-likeness (QED) is 0.277. The van der Waals surface area contributed by atoms with Gasteiger partial charge in [0.2, 0.25) is 5.75 Å². The lowest BCUT2D eigenvalue weighted by molar-refractivity contribution is -0.129. The van der Waals surface area contributed by atoms with Crippen LogP contribution in [-0.2, 0) is 25.0 Å². The van der Waals surface area contributed by atoms with Crippen molar-refractivity contribution < 1.29 is 32.2 Å². The zero-order chi connectivity index (χ0) is 26.3. The second kappa shape index (κ2) is 11.4. The molecule has 1 heterocycles. The highest BCUT2D eigenvalue weighted by Gasteiger charge is 2.24. The average Bonchev–Trinajstić information content (AvgIpc) is 2.84. The Morgan fingerprint density at radius 3 is 2.42 bits per heavy atom. The standard InChI is InChI=1S/C24H26ClN3O7S/c1-24(2,3)16-5-8-18(9-6-16)36(30,31)28-22-21(23(27-14-26-22)34-12-11-33-15-29)35-20-13-17(32-4)7-10-19(20)25/h5-10,13-15H,11-12H2,1-4H3,(H,26,27,28). The van der Waals surface area contributed by atoms with Crippen molar-refractivity contribution in [2.24, 2.45) is 0 Å². The molecule has 12 heteroatoms. The normalized spacial score (nSPS) is 11.5. The summed E-state index contributed by atoms with van der Waals surface area (Å²) in [6.45, 7) is 6.24. The van der Waals surface area contributed by atoms with Crippen LogP contribution in [0, 0.1) is 0 Å². The van der Waals surface area contributed by atoms with E-state index in [0.717, 1.165) is 11.9 Å². The Labute approximate surface area is 214 Å². The molecule has 0 bridgehead atoms. The van der Waals surface area contributed by atoms with Gasteiger partial charge >= 0.3 is 0 Å². The lowest BCUT2D eigenvalue weighted by atomic mass is 9.87. The first-order chi connectivity index (χ1) is 17.0. The average molecular weight is 536 g/mol. The van der Waals surface area contributed by atoms with Gasteiger partial charge in [0, 0.05) is 6.07 Å². The Morgan fingerprint density at radius 2 is 1.78 bits per heavy atom. The van der Waals surface area contributed by atoms with Crippen molar-refractivity contribution in [3.8, 4) is 23.1 Å². The minimum absolute atomic E-state index is 0.0290. The van der Waals surface area contributed by atoms with Crippen LogP contribution in [0.25, 0.3) is 0 Å². The van der Waals surface area contributed by atoms with Gasteiger partial charge in [0.1, 0.15) is 31.0 Å². The number of nitrogens with zero attached hydrogens (tertiary/aromatic N) is 2. The number of anilines is 1. The number of aromatic nitrogens is 2. The van der Waals surface area contributed by atoms with Crippen LogP contribution < -0.4 is 18.9 Å². The Hall–Kier alpha value is -3.57. The molecule has 2 aromatic carbocycles. The molecule has 0 amide bonds. The second-order valence-electron chi connectivity index (χ2n) is 8.45. The Bertz CT molecular complexity index is 1310. The molecule has 0 unspecified atom stereocenters. The summed E-state index contributed by atoms with van der Waals surface area (Å²) < 4.78 is 50.1. The lowest BCUT2D eigenvalue weighted by Gasteiger charge is -2.19. The molecule has 0 aliphatic rings. The van der Waals surface area contributed by atoms with Gasteiger partial charge in [-0.15, -0.1) is 0 Å². The SMILES string of the molecule is COc1ccc(Cl)c(Oc2c(NS(=O)(=O)c3ccc(C(C)(C)C)cc3)ncnc2OCCOC=O)c1. The first-order valence-corrected chi connectivity index (χ1v) is 12.6. The fourth-order valence-corrected chi connectivity index (χ4v) is 4.15. The molecule has 0 saturated heterocycles. The van der Waals surface area contributed by atoms with Crippen LogP contribution in [0.5, 0.6) is 23.1 Å². The van der Waals surface area contributed by atoms with Crippen molar-refractivity contribution in [1.82, 2.24) is 9.97 Å². The van der Waals surface area contributed by atoms with E-state index < -0.39 is 10.0 Å². The largest absolute Gasteiger partial charge is 0.497 e. The van der Waals surface area contributed by atoms with Crippen molar-refractivity contribution in [2.75, 3.05) is 25.0 Å². The third-order valence-corrected chi connectivity index (χ3v) is 6.56. The van der Waals surface area contributed by atoms with Gasteiger partial charge in [0.05, 0.1) is 17.0 Å². The highest BCUT2D eigenvalue weighted by atomic mass is 35.5. The predicted octanol–water partition coefficient (Wildman–Crippen LogP) is 4.58. The molecule has 0 saturated carbocycles. The van der Waals surface area contributed by atoms with Crippen LogP contribution in [0.3, 0.4) is 0 Å². The molecule has 0 aliphatic carbocycles. The first kappa shape index (κ1) is 27.0. The monoisotopic (exact) mass is 535 g/mol. The maximum atomic E-state index is 13.2. The molecule has 0 atom stereocenters. The summed E-state index contributed by atoms with van der Waals surface area (Å²) in [6, 6.07) is 11.2. The molecule has 0 aliphatic heterocycles. The molecule has 0 radical (unpaired) electrons. The van der Waals surface area contributed by atoms with Crippen LogP contribution in [0.2, 0.25) is 5.02 Å². The third kappa shape index (κ3) is 6.76. The maximum absolute atomic E-state index is 13.2. The van der Waals surface area contributed by atoms with Gasteiger partial charge in [-0.05, 0) is 35.2 Å². The Kier molecular flexibility index (Phi) is 8.59. The van der Waals surface area contributed by atoms with E-state index >= 15 is 0 Å². The van der Waals surface area contributed by atoms with E-state index in [4.69, 9.17) is 25.8 Å². The summed E-state index contributed by atoms with van der Waals surface area (Å²) in [7, 11) is -2.59. The van der Waals surface area contributed by atoms with Gasteiger partial charge < -0.3 is 18.9 Å². The van der Waals surface area contributed by atoms with Gasteiger partial charge in [-0.1, -0.05) is 44.5 Å². The van der Waals surface area contributed by atoms with Crippen LogP contribution in [0.4, 0.5) is 5.82 Å². The molecule has 36 heavy (non-hydrogen) atoms. The molecule has 3 aromatic rings. The molecular weight excluding hydrogens is 510 g/mol. The number of carbonyl (C=O) groups is 1. The number of hydrogen-bond acceptors (Lipinski definition) is 9. The summed E-state index contributed by atoms with van der Waals surface area (Å²) in [6.07, 6.45) is 1.11. The summed E-state index contributed by atoms with van der Waals surface area (Å²) in [5.74, 6) is 0.173. The smallest absolute Gasteiger partial charge is 0.293 e. The second-order valence-corrected chi connectivity index (χ2v) is 10.5. The topological polar surface area (TPSA) is 126 Å². The minimum Gasteiger partial charge on any atom is -0.497 e. The molecular formula is C24H26ClN3O7S. The van der Waals surface area contributed by atoms with Gasteiger partial charge in [0.15, 0.2) is 5.82 Å². The Balaban J connectivity index is 1.99. The van der Waals surface area contributed by atoms with Crippen LogP contribution in [0.1, 0.15) is 26.3 Å². The number of halogens is 1. The van der Waals surface area contributed by atoms with E-state index in [0.29, 0.717) is 5.75 Å². The zero-order valence-corrected chi connectivity index (χ0v) is 21.7. The van der Waals surface area contributed by atoms with E-state index in [-0.39, 0.29) is 58.2 Å². The lowest BCUT2D eigenvalue weighted by Crippen LogP contribution is -2.17. The number of hydrogen-bond donors (Lipinski definition) is 1. The number of sulfonamides is 1. The number of ether oxygens (including phenoxy) is 4. The minimum atomic E-state index is -4.06. The van der Waals surface area contributed by atoms with Crippen molar-refractivity contribution in [3.63, 3.8) is 0 Å². The van der Waals surface area contributed by atoms with Gasteiger partial charge in [0.25, 0.3) is 22.4 Å². The van der Waals surface area contributed by atoms with Gasteiger partial charge in [-0.3, -0.25) is 9.52 Å². The van der Waals surface area contributed by atoms with E-state index in [2.05, 4.69) is 19.4 Å². The van der Waals surface area contributed by atoms with Gasteiger partial charge in [-0.2, -0.15) is 4.98 Å². The first-order valence-electron chi connectivity index (χ1n) is 10.7. The number of nitrogens with one attached hydrogen (secondary N) is 1. The molecule has 1 N–H and O–H groups in total. The highest BCUT2D eigenvalue weighted by molar-refractivity contribution is 7.92. The predicted molar refractivity (Wildman–Crippen MR) is 134 cm³/mol. The fraction of sp³-hybridized carbons (Fsp3) is 0.292. The van der Waals surface area contributed by atoms with Crippen LogP contribution >= 0.6 is 11.6 Å². The molecule has 192 valence electrons. The number of rotatable bonds is 11. The molecule has 1 aromatic heterocycles. The van der Waals surface area contributed by atoms with Gasteiger partial charge in [-0.25, -0.2) is 13.4 Å². The molecule has 0 spiro atoms. The van der Waals surface area contributed by atoms with Crippen LogP contribution in [0.15, 0.2) is 53.7 Å². The van der Waals surface area contributed by atoms with Crippen molar-refractivity contribution in [3.05, 3.63) is 59.4 Å². The Morgan fingerprint density at radius 1 is 1.06 bits per heavy atom. The summed E-state index contributed by atoms with van der Waals surface area (Å²) >= 11 is 6.27.